The number of nitrogens with one attached hydrogen (secondary N) is 1. The molecule has 0 bridgehead atoms. The topological polar surface area (TPSA) is 130 Å². The second-order valence-electron chi connectivity index (χ2n) is 7.83. The Morgan fingerprint density at radius 2 is 2.13 bits per heavy atom. The standard InChI is InChI=1S/C20H26N10O/c1-12(2)30-13(3)24-14-10-23-19(9-16(14)30)25-18-5-7-22-20(26-18)29-8-6-17(31-4)15(11-29)27-28-21/h5,7,9-10,12,15,17H,6,8,11H2,1-4H3,(H,22,23,25,26)/t15-,17-/m1/s1. The Balaban J connectivity index is 1.56. The fourth-order valence-corrected chi connectivity index (χ4v) is 4.08. The molecule has 1 aliphatic rings. The van der Waals surface area contributed by atoms with Gasteiger partial charge in [0.05, 0.1) is 23.9 Å². The van der Waals surface area contributed by atoms with Crippen LogP contribution in [0.1, 0.15) is 32.1 Å². The molecule has 2 atom stereocenters. The minimum Gasteiger partial charge on any atom is -0.381 e. The summed E-state index contributed by atoms with van der Waals surface area (Å²) in [5.74, 6) is 2.85. The number of ether oxygens (including phenoxy) is 1. The van der Waals surface area contributed by atoms with Crippen LogP contribution in [0.4, 0.5) is 17.6 Å². The summed E-state index contributed by atoms with van der Waals surface area (Å²) in [4.78, 5) is 23.1. The normalized spacial score (nSPS) is 18.9. The van der Waals surface area contributed by atoms with Gasteiger partial charge in [0.25, 0.3) is 0 Å². The Morgan fingerprint density at radius 1 is 1.29 bits per heavy atom. The monoisotopic (exact) mass is 422 g/mol. The Kier molecular flexibility index (Phi) is 5.88. The Hall–Kier alpha value is -3.43. The van der Waals surface area contributed by atoms with Crippen LogP contribution in [0.5, 0.6) is 0 Å². The maximum atomic E-state index is 8.86. The quantitative estimate of drug-likeness (QED) is 0.363. The molecule has 1 aliphatic heterocycles. The number of pyridine rings is 1. The predicted octanol–water partition coefficient (Wildman–Crippen LogP) is 3.76. The fraction of sp³-hybridized carbons (Fsp3) is 0.500. The molecule has 0 spiro atoms. The zero-order valence-corrected chi connectivity index (χ0v) is 18.1. The van der Waals surface area contributed by atoms with Crippen molar-refractivity contribution in [2.24, 2.45) is 5.11 Å². The molecule has 0 saturated carbocycles. The van der Waals surface area contributed by atoms with Gasteiger partial charge in [-0.2, -0.15) is 4.98 Å². The van der Waals surface area contributed by atoms with Gasteiger partial charge in [0.1, 0.15) is 23.0 Å². The Morgan fingerprint density at radius 3 is 2.87 bits per heavy atom. The molecule has 3 aromatic rings. The van der Waals surface area contributed by atoms with Gasteiger partial charge in [-0.1, -0.05) is 5.11 Å². The van der Waals surface area contributed by atoms with Gasteiger partial charge in [-0.25, -0.2) is 15.0 Å². The highest BCUT2D eigenvalue weighted by Crippen LogP contribution is 2.25. The molecule has 11 heteroatoms. The van der Waals surface area contributed by atoms with E-state index >= 15 is 0 Å². The lowest BCUT2D eigenvalue weighted by molar-refractivity contribution is 0.0663. The van der Waals surface area contributed by atoms with E-state index in [0.717, 1.165) is 29.8 Å². The Bertz CT molecular complexity index is 1120. The van der Waals surface area contributed by atoms with E-state index in [9.17, 15) is 0 Å². The van der Waals surface area contributed by atoms with Gasteiger partial charge in [0.2, 0.25) is 5.95 Å². The molecule has 31 heavy (non-hydrogen) atoms. The summed E-state index contributed by atoms with van der Waals surface area (Å²) in [6.45, 7) is 7.49. The number of rotatable bonds is 6. The summed E-state index contributed by atoms with van der Waals surface area (Å²) in [5.41, 5.74) is 10.7. The van der Waals surface area contributed by atoms with Gasteiger partial charge < -0.3 is 19.5 Å². The van der Waals surface area contributed by atoms with E-state index in [1.165, 1.54) is 0 Å². The summed E-state index contributed by atoms with van der Waals surface area (Å²) in [7, 11) is 1.64. The molecule has 162 valence electrons. The third-order valence-electron chi connectivity index (χ3n) is 5.47. The van der Waals surface area contributed by atoms with Gasteiger partial charge in [-0.05, 0) is 38.8 Å². The van der Waals surface area contributed by atoms with Crippen LogP contribution in [0.3, 0.4) is 0 Å². The summed E-state index contributed by atoms with van der Waals surface area (Å²) < 4.78 is 7.63. The maximum Gasteiger partial charge on any atom is 0.227 e. The SMILES string of the molecule is CO[C@@H]1CCN(c2nccc(Nc3cc4c(cn3)nc(C)n4C(C)C)n2)C[C@H]1N=[N+]=[N-]. The van der Waals surface area contributed by atoms with Gasteiger partial charge in [-0.15, -0.1) is 0 Å². The highest BCUT2D eigenvalue weighted by atomic mass is 16.5. The zero-order valence-electron chi connectivity index (χ0n) is 18.1. The number of aryl methyl sites for hydroxylation is 1. The van der Waals surface area contributed by atoms with Crippen molar-refractivity contribution in [2.75, 3.05) is 30.4 Å². The van der Waals surface area contributed by atoms with Gasteiger partial charge >= 0.3 is 0 Å². The first-order valence-corrected chi connectivity index (χ1v) is 10.3. The van der Waals surface area contributed by atoms with Crippen molar-refractivity contribution in [1.82, 2.24) is 24.5 Å². The van der Waals surface area contributed by atoms with E-state index in [2.05, 4.69) is 53.7 Å². The van der Waals surface area contributed by atoms with Crippen LogP contribution < -0.4 is 10.2 Å². The minimum atomic E-state index is -0.285. The molecule has 11 nitrogen and oxygen atoms in total. The summed E-state index contributed by atoms with van der Waals surface area (Å²) >= 11 is 0. The number of azide groups is 1. The van der Waals surface area contributed by atoms with E-state index in [-0.39, 0.29) is 12.1 Å². The average molecular weight is 422 g/mol. The third-order valence-corrected chi connectivity index (χ3v) is 5.47. The molecule has 0 aliphatic carbocycles. The molecular weight excluding hydrogens is 396 g/mol. The van der Waals surface area contributed by atoms with E-state index < -0.39 is 0 Å². The molecule has 0 radical (unpaired) electrons. The van der Waals surface area contributed by atoms with Gasteiger partial charge in [0.15, 0.2) is 0 Å². The number of methoxy groups -OCH3 is 1. The van der Waals surface area contributed by atoms with Gasteiger partial charge in [0, 0.05) is 43.4 Å². The molecule has 0 amide bonds. The van der Waals surface area contributed by atoms with Crippen molar-refractivity contribution in [3.63, 3.8) is 0 Å². The molecule has 4 heterocycles. The van der Waals surface area contributed by atoms with Crippen LogP contribution in [0.2, 0.25) is 0 Å². The van der Waals surface area contributed by atoms with Crippen LogP contribution >= 0.6 is 0 Å². The molecule has 3 aromatic heterocycles. The average Bonchev–Trinajstić information content (AvgIpc) is 3.09. The maximum absolute atomic E-state index is 8.86. The first-order valence-electron chi connectivity index (χ1n) is 10.3. The smallest absolute Gasteiger partial charge is 0.227 e. The lowest BCUT2D eigenvalue weighted by Gasteiger charge is -2.35. The van der Waals surface area contributed by atoms with Crippen molar-refractivity contribution in [2.45, 2.75) is 45.4 Å². The van der Waals surface area contributed by atoms with Crippen molar-refractivity contribution >= 4 is 28.6 Å². The van der Waals surface area contributed by atoms with E-state index in [0.29, 0.717) is 30.2 Å². The van der Waals surface area contributed by atoms with E-state index in [4.69, 9.17) is 10.3 Å². The number of anilines is 3. The number of aromatic nitrogens is 5. The van der Waals surface area contributed by atoms with E-state index in [1.807, 2.05) is 17.9 Å². The molecule has 0 unspecified atom stereocenters. The third kappa shape index (κ3) is 4.23. The first kappa shape index (κ1) is 20.8. The van der Waals surface area contributed by atoms with Crippen LogP contribution in [0.25, 0.3) is 21.5 Å². The number of hydrogen-bond donors (Lipinski definition) is 1. The van der Waals surface area contributed by atoms with Crippen LogP contribution in [0, 0.1) is 6.92 Å². The first-order chi connectivity index (χ1) is 15.0. The molecule has 1 N–H and O–H groups in total. The summed E-state index contributed by atoms with van der Waals surface area (Å²) in [6.07, 6.45) is 4.11. The minimum absolute atomic E-state index is 0.0985. The van der Waals surface area contributed by atoms with Crippen molar-refractivity contribution < 1.29 is 4.74 Å². The number of fused-ring (bicyclic) bond motifs is 1. The van der Waals surface area contributed by atoms with Crippen molar-refractivity contribution in [1.29, 1.82) is 0 Å². The van der Waals surface area contributed by atoms with Crippen LogP contribution in [0.15, 0.2) is 29.6 Å². The molecule has 0 aromatic carbocycles. The van der Waals surface area contributed by atoms with Gasteiger partial charge in [-0.3, -0.25) is 0 Å². The summed E-state index contributed by atoms with van der Waals surface area (Å²) in [6, 6.07) is 3.80. The molecule has 1 saturated heterocycles. The van der Waals surface area contributed by atoms with E-state index in [1.54, 1.807) is 25.6 Å². The second-order valence-corrected chi connectivity index (χ2v) is 7.83. The highest BCUT2D eigenvalue weighted by Gasteiger charge is 2.29. The zero-order chi connectivity index (χ0) is 22.0. The number of imidazole rings is 1. The number of nitrogens with zero attached hydrogens (tertiary/aromatic N) is 9. The predicted molar refractivity (Wildman–Crippen MR) is 119 cm³/mol. The number of hydrogen-bond acceptors (Lipinski definition) is 8. The molecule has 1 fully saturated rings. The lowest BCUT2D eigenvalue weighted by atomic mass is 10.0. The van der Waals surface area contributed by atoms with Crippen molar-refractivity contribution in [3.8, 4) is 0 Å². The molecule has 4 rings (SSSR count). The summed E-state index contributed by atoms with van der Waals surface area (Å²) in [5, 5.41) is 7.15. The fourth-order valence-electron chi connectivity index (χ4n) is 4.08. The van der Waals surface area contributed by atoms with Crippen LogP contribution in [-0.2, 0) is 4.74 Å². The highest BCUT2D eigenvalue weighted by molar-refractivity contribution is 5.79. The van der Waals surface area contributed by atoms with Crippen molar-refractivity contribution in [3.05, 3.63) is 40.8 Å². The second kappa shape index (κ2) is 8.75. The molecular formula is C20H26N10O. The Labute approximate surface area is 180 Å². The lowest BCUT2D eigenvalue weighted by Crippen LogP contribution is -2.47. The largest absolute Gasteiger partial charge is 0.381 e. The van der Waals surface area contributed by atoms with Crippen LogP contribution in [-0.4, -0.2) is 56.8 Å². The number of piperidine rings is 1.